The standard InChI is InChI=1S/C15H12N3S/c1-4-13(10-16-7-1)19(14-5-2-8-17-11-14)15-6-3-9-18-12-15/h1-12H/q+1. The molecule has 3 nitrogen and oxygen atoms in total. The third-order valence-corrected chi connectivity index (χ3v) is 4.75. The van der Waals surface area contributed by atoms with Gasteiger partial charge < -0.3 is 0 Å². The van der Waals surface area contributed by atoms with Crippen molar-refractivity contribution in [1.82, 2.24) is 15.0 Å². The van der Waals surface area contributed by atoms with Gasteiger partial charge in [-0.2, -0.15) is 0 Å². The molecule has 19 heavy (non-hydrogen) atoms. The van der Waals surface area contributed by atoms with Gasteiger partial charge in [0.1, 0.15) is 10.9 Å². The Morgan fingerprint density at radius 1 is 0.579 bits per heavy atom. The van der Waals surface area contributed by atoms with Crippen molar-refractivity contribution in [1.29, 1.82) is 0 Å². The van der Waals surface area contributed by atoms with Gasteiger partial charge in [-0.3, -0.25) is 15.0 Å². The quantitative estimate of drug-likeness (QED) is 0.684. The van der Waals surface area contributed by atoms with E-state index in [-0.39, 0.29) is 10.9 Å². The van der Waals surface area contributed by atoms with E-state index < -0.39 is 0 Å². The lowest BCUT2D eigenvalue weighted by atomic mass is 10.5. The molecule has 0 aliphatic carbocycles. The Labute approximate surface area is 114 Å². The summed E-state index contributed by atoms with van der Waals surface area (Å²) in [6.07, 6.45) is 11.1. The summed E-state index contributed by atoms with van der Waals surface area (Å²) in [6.45, 7) is 0. The molecule has 0 saturated carbocycles. The number of rotatable bonds is 3. The molecule has 92 valence electrons. The topological polar surface area (TPSA) is 38.7 Å². The van der Waals surface area contributed by atoms with Gasteiger partial charge in [0.05, 0.1) is 18.6 Å². The Morgan fingerprint density at radius 3 is 1.21 bits per heavy atom. The van der Waals surface area contributed by atoms with E-state index in [2.05, 4.69) is 33.2 Å². The Bertz CT molecular complexity index is 535. The van der Waals surface area contributed by atoms with Gasteiger partial charge in [0.15, 0.2) is 14.7 Å². The van der Waals surface area contributed by atoms with Crippen molar-refractivity contribution < 1.29 is 0 Å². The van der Waals surface area contributed by atoms with Crippen LogP contribution in [0, 0.1) is 0 Å². The van der Waals surface area contributed by atoms with Crippen LogP contribution in [-0.4, -0.2) is 15.0 Å². The van der Waals surface area contributed by atoms with Gasteiger partial charge in [0.2, 0.25) is 0 Å². The number of hydrogen-bond acceptors (Lipinski definition) is 3. The summed E-state index contributed by atoms with van der Waals surface area (Å²) in [4.78, 5) is 16.2. The molecule has 0 radical (unpaired) electrons. The zero-order valence-electron chi connectivity index (χ0n) is 10.2. The van der Waals surface area contributed by atoms with Crippen LogP contribution in [0.5, 0.6) is 0 Å². The van der Waals surface area contributed by atoms with Gasteiger partial charge in [0.25, 0.3) is 0 Å². The summed E-state index contributed by atoms with van der Waals surface area (Å²) >= 11 is 0. The number of pyridine rings is 3. The van der Waals surface area contributed by atoms with E-state index >= 15 is 0 Å². The van der Waals surface area contributed by atoms with Crippen molar-refractivity contribution in [2.45, 2.75) is 14.7 Å². The zero-order chi connectivity index (χ0) is 12.9. The molecule has 0 atom stereocenters. The second kappa shape index (κ2) is 5.63. The lowest BCUT2D eigenvalue weighted by Gasteiger charge is -2.05. The van der Waals surface area contributed by atoms with Crippen molar-refractivity contribution in [3.63, 3.8) is 0 Å². The monoisotopic (exact) mass is 266 g/mol. The van der Waals surface area contributed by atoms with Crippen LogP contribution in [0.2, 0.25) is 0 Å². The maximum Gasteiger partial charge on any atom is 0.184 e. The van der Waals surface area contributed by atoms with Gasteiger partial charge in [-0.25, -0.2) is 0 Å². The highest BCUT2D eigenvalue weighted by Gasteiger charge is 2.29. The normalized spacial score (nSPS) is 10.6. The van der Waals surface area contributed by atoms with Crippen molar-refractivity contribution in [2.75, 3.05) is 0 Å². The SMILES string of the molecule is c1cncc([S+](c2cccnc2)c2cccnc2)c1. The first-order chi connectivity index (χ1) is 9.45. The second-order valence-electron chi connectivity index (χ2n) is 3.87. The van der Waals surface area contributed by atoms with Gasteiger partial charge in [0, 0.05) is 18.6 Å². The third-order valence-electron chi connectivity index (χ3n) is 2.61. The van der Waals surface area contributed by atoms with Crippen LogP contribution in [0.25, 0.3) is 0 Å². The average molecular weight is 266 g/mol. The molecule has 0 amide bonds. The molecule has 0 unspecified atom stereocenters. The number of hydrogen-bond donors (Lipinski definition) is 0. The Hall–Kier alpha value is -2.20. The van der Waals surface area contributed by atoms with E-state index in [4.69, 9.17) is 0 Å². The molecule has 3 aromatic heterocycles. The van der Waals surface area contributed by atoms with Crippen LogP contribution < -0.4 is 0 Å². The lowest BCUT2D eigenvalue weighted by molar-refractivity contribution is 1.16. The smallest absolute Gasteiger partial charge is 0.184 e. The highest BCUT2D eigenvalue weighted by atomic mass is 32.2. The molecule has 0 aromatic carbocycles. The van der Waals surface area contributed by atoms with Crippen LogP contribution in [0.3, 0.4) is 0 Å². The van der Waals surface area contributed by atoms with Gasteiger partial charge in [-0.1, -0.05) is 0 Å². The van der Waals surface area contributed by atoms with E-state index in [0.29, 0.717) is 0 Å². The van der Waals surface area contributed by atoms with Crippen LogP contribution in [0.15, 0.2) is 88.3 Å². The predicted octanol–water partition coefficient (Wildman–Crippen LogP) is 2.97. The molecule has 0 spiro atoms. The van der Waals surface area contributed by atoms with E-state index in [0.717, 1.165) is 0 Å². The van der Waals surface area contributed by atoms with Crippen molar-refractivity contribution in [2.24, 2.45) is 0 Å². The van der Waals surface area contributed by atoms with Gasteiger partial charge in [-0.15, -0.1) is 0 Å². The van der Waals surface area contributed by atoms with E-state index in [1.54, 1.807) is 18.6 Å². The maximum absolute atomic E-state index is 4.22. The number of nitrogens with zero attached hydrogens (tertiary/aromatic N) is 3. The second-order valence-corrected chi connectivity index (χ2v) is 5.90. The van der Waals surface area contributed by atoms with Crippen LogP contribution in [0.1, 0.15) is 0 Å². The molecule has 0 N–H and O–H groups in total. The lowest BCUT2D eigenvalue weighted by Crippen LogP contribution is -2.05. The minimum atomic E-state index is -0.202. The summed E-state index contributed by atoms with van der Waals surface area (Å²) in [6, 6.07) is 12.2. The first kappa shape index (κ1) is 11.9. The molecule has 3 rings (SSSR count). The fraction of sp³-hybridized carbons (Fsp3) is 0. The Balaban J connectivity index is 2.12. The molecule has 4 heteroatoms. The van der Waals surface area contributed by atoms with Crippen LogP contribution in [0.4, 0.5) is 0 Å². The van der Waals surface area contributed by atoms with Gasteiger partial charge >= 0.3 is 0 Å². The molecule has 0 fully saturated rings. The van der Waals surface area contributed by atoms with Crippen molar-refractivity contribution in [3.8, 4) is 0 Å². The third kappa shape index (κ3) is 2.63. The fourth-order valence-corrected chi connectivity index (χ4v) is 3.77. The van der Waals surface area contributed by atoms with Crippen LogP contribution in [-0.2, 0) is 10.9 Å². The molecular formula is C15H12N3S+. The summed E-state index contributed by atoms with van der Waals surface area (Å²) < 4.78 is 0. The van der Waals surface area contributed by atoms with Gasteiger partial charge in [-0.05, 0) is 36.4 Å². The molecule has 3 heterocycles. The van der Waals surface area contributed by atoms with E-state index in [9.17, 15) is 0 Å². The molecule has 0 aliphatic heterocycles. The predicted molar refractivity (Wildman–Crippen MR) is 74.9 cm³/mol. The van der Waals surface area contributed by atoms with E-state index in [1.807, 2.05) is 36.8 Å². The maximum atomic E-state index is 4.22. The van der Waals surface area contributed by atoms with Crippen molar-refractivity contribution in [3.05, 3.63) is 73.6 Å². The molecule has 0 saturated heterocycles. The first-order valence-corrected chi connectivity index (χ1v) is 7.12. The Kier molecular flexibility index (Phi) is 3.51. The average Bonchev–Trinajstić information content (AvgIpc) is 2.51. The zero-order valence-corrected chi connectivity index (χ0v) is 11.0. The summed E-state index contributed by atoms with van der Waals surface area (Å²) in [5.41, 5.74) is 0. The molecule has 0 aliphatic rings. The minimum Gasteiger partial charge on any atom is -0.259 e. The summed E-state index contributed by atoms with van der Waals surface area (Å²) in [7, 11) is -0.202. The molecule has 3 aromatic rings. The Morgan fingerprint density at radius 2 is 0.947 bits per heavy atom. The first-order valence-electron chi connectivity index (χ1n) is 5.89. The van der Waals surface area contributed by atoms with E-state index in [1.165, 1.54) is 14.7 Å². The fourth-order valence-electron chi connectivity index (χ4n) is 1.81. The highest BCUT2D eigenvalue weighted by molar-refractivity contribution is 7.97. The minimum absolute atomic E-state index is 0.202. The molecular weight excluding hydrogens is 254 g/mol. The summed E-state index contributed by atoms with van der Waals surface area (Å²) in [5, 5.41) is 0. The van der Waals surface area contributed by atoms with Crippen molar-refractivity contribution >= 4 is 10.9 Å². The highest BCUT2D eigenvalue weighted by Crippen LogP contribution is 2.29. The largest absolute Gasteiger partial charge is 0.259 e. The molecule has 0 bridgehead atoms. The summed E-state index contributed by atoms with van der Waals surface area (Å²) in [5.74, 6) is 0. The number of aromatic nitrogens is 3. The van der Waals surface area contributed by atoms with Crippen LogP contribution >= 0.6 is 0 Å².